The molecule has 1 aromatic carbocycles. The Hall–Kier alpha value is -1.77. The zero-order chi connectivity index (χ0) is 11.8. The maximum absolute atomic E-state index is 8.68. The number of hydrogen-bond donors (Lipinski definition) is 1. The average Bonchev–Trinajstić information content (AvgIpc) is 2.34. The normalized spacial score (nSPS) is 11.4. The number of nitriles is 1. The molecule has 1 aromatic rings. The smallest absolute Gasteiger partial charge is 0.0991 e. The molecular weight excluding hydrogens is 196 g/mol. The molecule has 0 saturated heterocycles. The molecular formula is C14H16N2. The van der Waals surface area contributed by atoms with Gasteiger partial charge in [-0.25, -0.2) is 0 Å². The van der Waals surface area contributed by atoms with E-state index in [4.69, 9.17) is 11.7 Å². The maximum Gasteiger partial charge on any atom is 0.0991 e. The molecule has 0 saturated carbocycles. The second kappa shape index (κ2) is 6.67. The number of nitrogens with one attached hydrogen (secondary N) is 1. The summed E-state index contributed by atoms with van der Waals surface area (Å²) in [5.74, 6) is 2.62. The largest absolute Gasteiger partial charge is 0.310 e. The molecule has 0 spiro atoms. The third-order valence-electron chi connectivity index (χ3n) is 2.49. The SMILES string of the molecule is C#CCCCNC(C)c1ccc(C#N)cc1. The summed E-state index contributed by atoms with van der Waals surface area (Å²) in [6.45, 7) is 3.03. The lowest BCUT2D eigenvalue weighted by Crippen LogP contribution is -2.19. The molecule has 0 fully saturated rings. The summed E-state index contributed by atoms with van der Waals surface area (Å²) < 4.78 is 0. The van der Waals surface area contributed by atoms with Gasteiger partial charge in [0.2, 0.25) is 0 Å². The van der Waals surface area contributed by atoms with Gasteiger partial charge in [-0.1, -0.05) is 12.1 Å². The first-order valence-corrected chi connectivity index (χ1v) is 5.45. The van der Waals surface area contributed by atoms with Crippen molar-refractivity contribution in [3.05, 3.63) is 35.4 Å². The molecule has 0 aliphatic rings. The quantitative estimate of drug-likeness (QED) is 0.601. The molecule has 16 heavy (non-hydrogen) atoms. The third kappa shape index (κ3) is 3.77. The van der Waals surface area contributed by atoms with Gasteiger partial charge in [0.05, 0.1) is 11.6 Å². The van der Waals surface area contributed by atoms with Gasteiger partial charge in [0.15, 0.2) is 0 Å². The van der Waals surface area contributed by atoms with Gasteiger partial charge >= 0.3 is 0 Å². The summed E-state index contributed by atoms with van der Waals surface area (Å²) in [5, 5.41) is 12.1. The Kier molecular flexibility index (Phi) is 5.12. The highest BCUT2D eigenvalue weighted by Gasteiger charge is 2.03. The van der Waals surface area contributed by atoms with Crippen molar-refractivity contribution in [3.8, 4) is 18.4 Å². The Balaban J connectivity index is 2.44. The van der Waals surface area contributed by atoms with Gasteiger partial charge in [0, 0.05) is 12.5 Å². The van der Waals surface area contributed by atoms with Crippen molar-refractivity contribution < 1.29 is 0 Å². The molecule has 0 aromatic heterocycles. The average molecular weight is 212 g/mol. The monoisotopic (exact) mass is 212 g/mol. The zero-order valence-electron chi connectivity index (χ0n) is 9.53. The third-order valence-corrected chi connectivity index (χ3v) is 2.49. The summed E-state index contributed by atoms with van der Waals surface area (Å²) in [6, 6.07) is 10.1. The number of nitrogens with zero attached hydrogens (tertiary/aromatic N) is 1. The molecule has 1 rings (SSSR count). The standard InChI is InChI=1S/C14H16N2/c1-3-4-5-10-16-12(2)14-8-6-13(11-15)7-9-14/h1,6-9,12,16H,4-5,10H2,2H3. The van der Waals surface area contributed by atoms with Crippen LogP contribution in [-0.4, -0.2) is 6.54 Å². The fourth-order valence-corrected chi connectivity index (χ4v) is 1.47. The second-order valence-electron chi connectivity index (χ2n) is 3.72. The van der Waals surface area contributed by atoms with Crippen molar-refractivity contribution >= 4 is 0 Å². The Morgan fingerprint density at radius 3 is 2.62 bits per heavy atom. The van der Waals surface area contributed by atoms with Crippen LogP contribution in [0.1, 0.15) is 36.9 Å². The van der Waals surface area contributed by atoms with E-state index in [1.165, 1.54) is 5.56 Å². The molecule has 0 aliphatic heterocycles. The molecule has 2 heteroatoms. The van der Waals surface area contributed by atoms with Gasteiger partial charge in [-0.05, 0) is 37.6 Å². The highest BCUT2D eigenvalue weighted by atomic mass is 14.9. The van der Waals surface area contributed by atoms with E-state index in [9.17, 15) is 0 Å². The molecule has 2 nitrogen and oxygen atoms in total. The van der Waals surface area contributed by atoms with E-state index < -0.39 is 0 Å². The zero-order valence-corrected chi connectivity index (χ0v) is 9.53. The van der Waals surface area contributed by atoms with E-state index in [1.807, 2.05) is 24.3 Å². The molecule has 0 radical (unpaired) electrons. The van der Waals surface area contributed by atoms with Crippen LogP contribution >= 0.6 is 0 Å². The Morgan fingerprint density at radius 2 is 2.06 bits per heavy atom. The lowest BCUT2D eigenvalue weighted by molar-refractivity contribution is 0.562. The lowest BCUT2D eigenvalue weighted by atomic mass is 10.1. The van der Waals surface area contributed by atoms with Crippen LogP contribution in [0.2, 0.25) is 0 Å². The van der Waals surface area contributed by atoms with Crippen LogP contribution in [0.3, 0.4) is 0 Å². The van der Waals surface area contributed by atoms with Crippen molar-refractivity contribution in [3.63, 3.8) is 0 Å². The fourth-order valence-electron chi connectivity index (χ4n) is 1.47. The first-order chi connectivity index (χ1) is 7.77. The van der Waals surface area contributed by atoms with Crippen LogP contribution < -0.4 is 5.32 Å². The van der Waals surface area contributed by atoms with Gasteiger partial charge < -0.3 is 5.32 Å². The van der Waals surface area contributed by atoms with Gasteiger partial charge in [0.25, 0.3) is 0 Å². The van der Waals surface area contributed by atoms with Gasteiger partial charge in [-0.3, -0.25) is 0 Å². The van der Waals surface area contributed by atoms with E-state index in [0.717, 1.165) is 19.4 Å². The minimum absolute atomic E-state index is 0.297. The van der Waals surface area contributed by atoms with Gasteiger partial charge in [-0.15, -0.1) is 12.3 Å². The van der Waals surface area contributed by atoms with Gasteiger partial charge in [0.1, 0.15) is 0 Å². The van der Waals surface area contributed by atoms with E-state index in [1.54, 1.807) is 0 Å². The summed E-state index contributed by atoms with van der Waals surface area (Å²) in [6.07, 6.45) is 6.99. The summed E-state index contributed by atoms with van der Waals surface area (Å²) in [4.78, 5) is 0. The predicted octanol–water partition coefficient (Wildman–Crippen LogP) is 2.62. The Bertz CT molecular complexity index is 392. The van der Waals surface area contributed by atoms with E-state index in [2.05, 4.69) is 24.2 Å². The minimum Gasteiger partial charge on any atom is -0.310 e. The molecule has 82 valence electrons. The van der Waals surface area contributed by atoms with Crippen molar-refractivity contribution in [1.82, 2.24) is 5.32 Å². The Morgan fingerprint density at radius 1 is 1.38 bits per heavy atom. The lowest BCUT2D eigenvalue weighted by Gasteiger charge is -2.13. The predicted molar refractivity (Wildman–Crippen MR) is 65.6 cm³/mol. The topological polar surface area (TPSA) is 35.8 Å². The fraction of sp³-hybridized carbons (Fsp3) is 0.357. The van der Waals surface area contributed by atoms with Crippen LogP contribution in [0, 0.1) is 23.7 Å². The highest BCUT2D eigenvalue weighted by Crippen LogP contribution is 2.12. The highest BCUT2D eigenvalue weighted by molar-refractivity contribution is 5.32. The summed E-state index contributed by atoms with van der Waals surface area (Å²) in [7, 11) is 0. The van der Waals surface area contributed by atoms with Crippen molar-refractivity contribution in [2.75, 3.05) is 6.54 Å². The molecule has 0 bridgehead atoms. The molecule has 0 aliphatic carbocycles. The van der Waals surface area contributed by atoms with Crippen LogP contribution in [0.5, 0.6) is 0 Å². The number of unbranched alkanes of at least 4 members (excludes halogenated alkanes) is 1. The first kappa shape index (κ1) is 12.3. The minimum atomic E-state index is 0.297. The van der Waals surface area contributed by atoms with E-state index in [-0.39, 0.29) is 0 Å². The first-order valence-electron chi connectivity index (χ1n) is 5.45. The number of rotatable bonds is 5. The summed E-state index contributed by atoms with van der Waals surface area (Å²) in [5.41, 5.74) is 1.89. The number of hydrogen-bond acceptors (Lipinski definition) is 2. The van der Waals surface area contributed by atoms with Crippen molar-refractivity contribution in [2.45, 2.75) is 25.8 Å². The maximum atomic E-state index is 8.68. The molecule has 1 unspecified atom stereocenters. The van der Waals surface area contributed by atoms with E-state index in [0.29, 0.717) is 11.6 Å². The molecule has 1 N–H and O–H groups in total. The van der Waals surface area contributed by atoms with E-state index >= 15 is 0 Å². The van der Waals surface area contributed by atoms with Gasteiger partial charge in [-0.2, -0.15) is 5.26 Å². The Labute approximate surface area is 97.3 Å². The van der Waals surface area contributed by atoms with Crippen LogP contribution in [0.25, 0.3) is 0 Å². The molecule has 0 amide bonds. The summed E-state index contributed by atoms with van der Waals surface area (Å²) >= 11 is 0. The molecule has 0 heterocycles. The number of terminal acetylenes is 1. The number of benzene rings is 1. The molecule has 1 atom stereocenters. The van der Waals surface area contributed by atoms with Crippen molar-refractivity contribution in [1.29, 1.82) is 5.26 Å². The van der Waals surface area contributed by atoms with Crippen LogP contribution in [0.15, 0.2) is 24.3 Å². The second-order valence-corrected chi connectivity index (χ2v) is 3.72. The van der Waals surface area contributed by atoms with Crippen LogP contribution in [0.4, 0.5) is 0 Å². The van der Waals surface area contributed by atoms with Crippen molar-refractivity contribution in [2.24, 2.45) is 0 Å². The van der Waals surface area contributed by atoms with Crippen LogP contribution in [-0.2, 0) is 0 Å².